The Morgan fingerprint density at radius 1 is 0.973 bits per heavy atom. The van der Waals surface area contributed by atoms with Crippen molar-refractivity contribution in [1.82, 2.24) is 19.1 Å². The molecule has 37 heavy (non-hydrogen) atoms. The van der Waals surface area contributed by atoms with Gasteiger partial charge in [0, 0.05) is 24.5 Å². The number of thiol groups is 1. The molecule has 2 saturated heterocycles. The van der Waals surface area contributed by atoms with Crippen LogP contribution in [0.25, 0.3) is 0 Å². The number of aromatic amines is 2. The summed E-state index contributed by atoms with van der Waals surface area (Å²) in [5.41, 5.74) is -3.35. The maximum atomic E-state index is 15.2. The third kappa shape index (κ3) is 5.71. The number of halogens is 1. The summed E-state index contributed by atoms with van der Waals surface area (Å²) in [7, 11) is 0. The van der Waals surface area contributed by atoms with Crippen LogP contribution in [0.4, 0.5) is 4.39 Å². The number of alkyl halides is 1. The SMILES string of the molecule is O=c1ccn(C2OC(CO[P@](=O)(S)OC3C(CO)OC(n4ccc(=O)[nH]c4=O)C3F)C(O)C2O)c(=O)[nH]1. The van der Waals surface area contributed by atoms with Crippen molar-refractivity contribution < 1.29 is 42.8 Å². The first-order valence-electron chi connectivity index (χ1n) is 10.6. The fourth-order valence-corrected chi connectivity index (χ4v) is 5.38. The molecule has 0 spiro atoms. The molecule has 5 N–H and O–H groups in total. The van der Waals surface area contributed by atoms with Gasteiger partial charge in [-0.1, -0.05) is 12.2 Å². The minimum Gasteiger partial charge on any atom is -0.394 e. The predicted octanol–water partition coefficient (Wildman–Crippen LogP) is -2.63. The molecule has 0 radical (unpaired) electrons. The van der Waals surface area contributed by atoms with Crippen molar-refractivity contribution in [3.8, 4) is 0 Å². The van der Waals surface area contributed by atoms with Gasteiger partial charge in [-0.25, -0.2) is 18.5 Å². The van der Waals surface area contributed by atoms with E-state index in [-0.39, 0.29) is 0 Å². The summed E-state index contributed by atoms with van der Waals surface area (Å²) in [6, 6.07) is 1.94. The van der Waals surface area contributed by atoms with E-state index in [0.29, 0.717) is 4.57 Å². The van der Waals surface area contributed by atoms with Gasteiger partial charge in [-0.2, -0.15) is 0 Å². The Hall–Kier alpha value is -2.41. The monoisotopic (exact) mass is 568 g/mol. The predicted molar refractivity (Wildman–Crippen MR) is 122 cm³/mol. The van der Waals surface area contributed by atoms with Gasteiger partial charge < -0.3 is 24.8 Å². The molecule has 2 aliphatic rings. The highest BCUT2D eigenvalue weighted by molar-refractivity contribution is 8.44. The number of aliphatic hydroxyl groups is 3. The van der Waals surface area contributed by atoms with Crippen LogP contribution in [0.2, 0.25) is 0 Å². The molecule has 2 fully saturated rings. The van der Waals surface area contributed by atoms with E-state index in [1.54, 1.807) is 0 Å². The molecule has 0 bridgehead atoms. The van der Waals surface area contributed by atoms with Crippen LogP contribution in [-0.4, -0.2) is 84.3 Å². The third-order valence-electron chi connectivity index (χ3n) is 5.69. The van der Waals surface area contributed by atoms with E-state index < -0.39 is 91.7 Å². The molecule has 4 heterocycles. The molecule has 204 valence electrons. The quantitative estimate of drug-likeness (QED) is 0.142. The van der Waals surface area contributed by atoms with Crippen molar-refractivity contribution in [2.75, 3.05) is 13.2 Å². The van der Waals surface area contributed by atoms with Crippen LogP contribution >= 0.6 is 19.0 Å². The fraction of sp³-hybridized carbons (Fsp3) is 0.556. The zero-order chi connectivity index (χ0) is 27.1. The number of nitrogens with zero attached hydrogens (tertiary/aromatic N) is 2. The van der Waals surface area contributed by atoms with E-state index in [4.69, 9.17) is 18.5 Å². The van der Waals surface area contributed by atoms with Crippen molar-refractivity contribution >= 4 is 19.0 Å². The lowest BCUT2D eigenvalue weighted by Gasteiger charge is -2.23. The first-order valence-corrected chi connectivity index (χ1v) is 13.3. The largest absolute Gasteiger partial charge is 0.394 e. The lowest BCUT2D eigenvalue weighted by Crippen LogP contribution is -2.37. The van der Waals surface area contributed by atoms with E-state index in [2.05, 4.69) is 12.2 Å². The molecule has 2 aliphatic heterocycles. The molecule has 0 aliphatic carbocycles. The Bertz CT molecular complexity index is 1410. The highest BCUT2D eigenvalue weighted by Gasteiger charge is 2.50. The Labute approximate surface area is 209 Å². The van der Waals surface area contributed by atoms with Gasteiger partial charge in [0.05, 0.1) is 13.2 Å². The first-order chi connectivity index (χ1) is 17.4. The van der Waals surface area contributed by atoms with Crippen LogP contribution in [-0.2, 0) is 23.1 Å². The van der Waals surface area contributed by atoms with Gasteiger partial charge >= 0.3 is 18.2 Å². The zero-order valence-electron chi connectivity index (χ0n) is 18.5. The standard InChI is InChI=1S/C18H22FN4O12PS/c19-11-14(7(5-24)33-15(11)22-3-1-9(25)20-17(22)29)35-36(31,37)32-6-8-12(27)13(28)16(34-8)23-4-2-10(26)21-18(23)30/h1-4,7-8,11-16,24,27-28H,5-6H2,(H,31,37)(H,20,25,29)(H,21,26,30)/t7?,8?,11?,12?,13?,14?,15?,16?,36-/m0/s1. The van der Waals surface area contributed by atoms with Crippen LogP contribution in [0.5, 0.6) is 0 Å². The van der Waals surface area contributed by atoms with E-state index in [1.807, 2.05) is 9.97 Å². The highest BCUT2D eigenvalue weighted by atomic mass is 32.7. The van der Waals surface area contributed by atoms with Crippen molar-refractivity contribution in [2.45, 2.75) is 49.1 Å². The van der Waals surface area contributed by atoms with Gasteiger partial charge in [-0.3, -0.25) is 37.7 Å². The van der Waals surface area contributed by atoms with Crippen molar-refractivity contribution in [2.24, 2.45) is 0 Å². The van der Waals surface area contributed by atoms with E-state index in [1.165, 1.54) is 0 Å². The van der Waals surface area contributed by atoms with Crippen molar-refractivity contribution in [1.29, 1.82) is 0 Å². The molecule has 2 aromatic rings. The smallest absolute Gasteiger partial charge is 0.386 e. The molecule has 19 heteroatoms. The summed E-state index contributed by atoms with van der Waals surface area (Å²) in [5.74, 6) is 0. The molecular weight excluding hydrogens is 546 g/mol. The fourth-order valence-electron chi connectivity index (χ4n) is 3.89. The molecule has 16 nitrogen and oxygen atoms in total. The summed E-state index contributed by atoms with van der Waals surface area (Å²) in [4.78, 5) is 50.4. The summed E-state index contributed by atoms with van der Waals surface area (Å²) >= 11 is 3.77. The average molecular weight is 568 g/mol. The number of H-pyrrole nitrogens is 2. The summed E-state index contributed by atoms with van der Waals surface area (Å²) in [5, 5.41) is 30.1. The second kappa shape index (κ2) is 10.8. The summed E-state index contributed by atoms with van der Waals surface area (Å²) in [6.45, 7) is -5.95. The number of hydrogen-bond donors (Lipinski definition) is 6. The number of aliphatic hydroxyl groups excluding tert-OH is 3. The van der Waals surface area contributed by atoms with Crippen molar-refractivity contribution in [3.63, 3.8) is 0 Å². The molecule has 2 aromatic heterocycles. The first kappa shape index (κ1) is 27.6. The highest BCUT2D eigenvalue weighted by Crippen LogP contribution is 2.56. The lowest BCUT2D eigenvalue weighted by molar-refractivity contribution is -0.0563. The van der Waals surface area contributed by atoms with E-state index >= 15 is 4.39 Å². The maximum absolute atomic E-state index is 15.2. The molecule has 9 atom stereocenters. The number of rotatable bonds is 8. The van der Waals surface area contributed by atoms with Gasteiger partial charge in [0.25, 0.3) is 11.1 Å². The lowest BCUT2D eigenvalue weighted by atomic mass is 10.1. The van der Waals surface area contributed by atoms with Gasteiger partial charge in [-0.05, 0) is 0 Å². The van der Waals surface area contributed by atoms with Crippen LogP contribution < -0.4 is 22.5 Å². The van der Waals surface area contributed by atoms with Gasteiger partial charge in [0.2, 0.25) is 0 Å². The Morgan fingerprint density at radius 2 is 1.51 bits per heavy atom. The van der Waals surface area contributed by atoms with E-state index in [9.17, 15) is 39.1 Å². The molecule has 0 aromatic carbocycles. The minimum absolute atomic E-state index is 0.696. The molecular formula is C18H22FN4O12PS. The van der Waals surface area contributed by atoms with E-state index in [0.717, 1.165) is 29.1 Å². The van der Waals surface area contributed by atoms with Gasteiger partial charge in [0.15, 0.2) is 18.6 Å². The Kier molecular flexibility index (Phi) is 8.03. The Balaban J connectivity index is 1.43. The van der Waals surface area contributed by atoms with Crippen LogP contribution in [0.1, 0.15) is 12.5 Å². The molecule has 8 unspecified atom stereocenters. The van der Waals surface area contributed by atoms with Gasteiger partial charge in [0.1, 0.15) is 30.5 Å². The zero-order valence-corrected chi connectivity index (χ0v) is 20.3. The second-order valence-corrected chi connectivity index (χ2v) is 11.0. The van der Waals surface area contributed by atoms with Crippen LogP contribution in [0.15, 0.2) is 43.7 Å². The maximum Gasteiger partial charge on any atom is 0.386 e. The van der Waals surface area contributed by atoms with Crippen molar-refractivity contribution in [3.05, 3.63) is 66.2 Å². The molecule has 0 saturated carbocycles. The molecule has 0 amide bonds. The summed E-state index contributed by atoms with van der Waals surface area (Å²) in [6.07, 6.45) is -11.0. The Morgan fingerprint density at radius 3 is 2.05 bits per heavy atom. The normalized spacial score (nSPS) is 33.4. The third-order valence-corrected chi connectivity index (χ3v) is 7.31. The number of hydrogen-bond acceptors (Lipinski definition) is 12. The number of aromatic nitrogens is 4. The second-order valence-electron chi connectivity index (χ2n) is 8.11. The van der Waals surface area contributed by atoms with Gasteiger partial charge in [-0.15, -0.1) is 0 Å². The summed E-state index contributed by atoms with van der Waals surface area (Å²) < 4.78 is 50.5. The van der Waals surface area contributed by atoms with Crippen LogP contribution in [0, 0.1) is 0 Å². The average Bonchev–Trinajstić information content (AvgIpc) is 3.28. The van der Waals surface area contributed by atoms with Crippen LogP contribution in [0.3, 0.4) is 0 Å². The molecule has 4 rings (SSSR count). The topological polar surface area (TPSA) is 224 Å². The number of ether oxygens (including phenoxy) is 2. The minimum atomic E-state index is -4.44. The number of nitrogens with one attached hydrogen (secondary N) is 2.